The number of hydrogen-bond donors (Lipinski definition) is 2. The molecule has 2 amide bonds. The van der Waals surface area contributed by atoms with Gasteiger partial charge >= 0.3 is 0 Å². The van der Waals surface area contributed by atoms with Gasteiger partial charge in [0.25, 0.3) is 5.91 Å². The highest BCUT2D eigenvalue weighted by atomic mass is 32.2. The lowest BCUT2D eigenvalue weighted by atomic mass is 9.99. The summed E-state index contributed by atoms with van der Waals surface area (Å²) in [6, 6.07) is 18.0. The second-order valence-electron chi connectivity index (χ2n) is 9.68. The van der Waals surface area contributed by atoms with Gasteiger partial charge in [-0.25, -0.2) is 8.42 Å². The number of amides is 2. The molecule has 7 nitrogen and oxygen atoms in total. The Hall–Kier alpha value is -3.65. The van der Waals surface area contributed by atoms with Crippen molar-refractivity contribution in [3.05, 3.63) is 94.0 Å². The summed E-state index contributed by atoms with van der Waals surface area (Å²) in [5.74, 6) is -0.964. The molecule has 0 bridgehead atoms. The van der Waals surface area contributed by atoms with E-state index in [4.69, 9.17) is 0 Å². The molecule has 0 spiro atoms. The van der Waals surface area contributed by atoms with Crippen molar-refractivity contribution in [2.24, 2.45) is 0 Å². The van der Waals surface area contributed by atoms with Crippen LogP contribution in [0.4, 0.5) is 11.4 Å². The topological polar surface area (TPSA) is 95.6 Å². The van der Waals surface area contributed by atoms with Crippen LogP contribution in [-0.2, 0) is 33.4 Å². The molecule has 0 fully saturated rings. The molecule has 0 saturated carbocycles. The molecule has 0 saturated heterocycles. The normalized spacial score (nSPS) is 17.0. The fraction of sp³-hybridized carbons (Fsp3) is 0.286. The van der Waals surface area contributed by atoms with Gasteiger partial charge in [-0.15, -0.1) is 0 Å². The predicted molar refractivity (Wildman–Crippen MR) is 141 cm³/mol. The van der Waals surface area contributed by atoms with Gasteiger partial charge < -0.3 is 15.5 Å². The number of nitrogens with one attached hydrogen (secondary N) is 2. The van der Waals surface area contributed by atoms with Gasteiger partial charge in [0.15, 0.2) is 9.84 Å². The van der Waals surface area contributed by atoms with Gasteiger partial charge in [0.05, 0.1) is 22.9 Å². The van der Waals surface area contributed by atoms with Crippen LogP contribution in [0, 0.1) is 13.8 Å². The van der Waals surface area contributed by atoms with Gasteiger partial charge in [-0.05, 0) is 60.7 Å². The van der Waals surface area contributed by atoms with Crippen LogP contribution >= 0.6 is 0 Å². The van der Waals surface area contributed by atoms with Crippen molar-refractivity contribution in [3.8, 4) is 0 Å². The lowest BCUT2D eigenvalue weighted by molar-refractivity contribution is -0.116. The molecule has 2 aliphatic heterocycles. The molecule has 2 N–H and O–H groups in total. The maximum Gasteiger partial charge on any atom is 0.254 e. The Balaban J connectivity index is 1.28. The average Bonchev–Trinajstić information content (AvgIpc) is 2.85. The number of sulfone groups is 1. The third-order valence-corrected chi connectivity index (χ3v) is 8.48. The fourth-order valence-electron chi connectivity index (χ4n) is 4.85. The van der Waals surface area contributed by atoms with Crippen molar-refractivity contribution in [3.63, 3.8) is 0 Å². The van der Waals surface area contributed by atoms with Gasteiger partial charge in [-0.3, -0.25) is 9.59 Å². The summed E-state index contributed by atoms with van der Waals surface area (Å²) >= 11 is 0. The Bertz CT molecular complexity index is 1470. The van der Waals surface area contributed by atoms with Crippen molar-refractivity contribution < 1.29 is 18.0 Å². The molecule has 0 aliphatic carbocycles. The minimum Gasteiger partial charge on any atom is -0.371 e. The number of nitrogens with zero attached hydrogens (tertiary/aromatic N) is 1. The van der Waals surface area contributed by atoms with Crippen molar-refractivity contribution in [1.29, 1.82) is 0 Å². The van der Waals surface area contributed by atoms with Crippen molar-refractivity contribution in [1.82, 2.24) is 4.90 Å². The summed E-state index contributed by atoms with van der Waals surface area (Å²) in [6.45, 7) is 4.99. The number of rotatable bonds is 5. The number of carbonyl (C=O) groups excluding carboxylic acids is 2. The molecule has 3 aromatic rings. The van der Waals surface area contributed by atoms with Crippen molar-refractivity contribution in [2.45, 2.75) is 38.6 Å². The van der Waals surface area contributed by atoms with Crippen LogP contribution in [0.3, 0.4) is 0 Å². The molecule has 1 atom stereocenters. The zero-order valence-electron chi connectivity index (χ0n) is 20.4. The summed E-state index contributed by atoms with van der Waals surface area (Å²) in [7, 11) is -3.55. The quantitative estimate of drug-likeness (QED) is 0.552. The maximum atomic E-state index is 13.2. The number of carbonyl (C=O) groups is 2. The molecule has 1 unspecified atom stereocenters. The molecule has 8 heteroatoms. The second kappa shape index (κ2) is 9.43. The molecular formula is C28H29N3O4S. The zero-order valence-corrected chi connectivity index (χ0v) is 21.2. The third kappa shape index (κ3) is 4.99. The fourth-order valence-corrected chi connectivity index (χ4v) is 6.50. The van der Waals surface area contributed by atoms with E-state index < -0.39 is 21.8 Å². The SMILES string of the molecule is Cc1ccc(C)c(CS(=O)(=O)CC2Nc3ccc(C(=O)N4CCc5ccccc5C4)cc3NC2=O)c1. The number of fused-ring (bicyclic) bond motifs is 2. The van der Waals surface area contributed by atoms with E-state index >= 15 is 0 Å². The standard InChI is InChI=1S/C28H29N3O4S/c1-18-7-8-19(2)23(13-18)16-36(34,35)17-26-27(32)30-25-14-21(9-10-24(25)29-26)28(33)31-12-11-20-5-3-4-6-22(20)15-31/h3-10,13-14,26,29H,11-12,15-17H2,1-2H3,(H,30,32). The molecule has 36 heavy (non-hydrogen) atoms. The first-order chi connectivity index (χ1) is 17.2. The van der Waals surface area contributed by atoms with Crippen molar-refractivity contribution in [2.75, 3.05) is 22.9 Å². The smallest absolute Gasteiger partial charge is 0.254 e. The highest BCUT2D eigenvalue weighted by Crippen LogP contribution is 2.30. The molecule has 5 rings (SSSR count). The third-order valence-electron chi connectivity index (χ3n) is 6.89. The molecule has 2 heterocycles. The Morgan fingerprint density at radius 3 is 2.58 bits per heavy atom. The second-order valence-corrected chi connectivity index (χ2v) is 11.8. The number of anilines is 2. The Morgan fingerprint density at radius 1 is 1.00 bits per heavy atom. The van der Waals surface area contributed by atoms with E-state index in [9.17, 15) is 18.0 Å². The largest absolute Gasteiger partial charge is 0.371 e. The Labute approximate surface area is 211 Å². The van der Waals surface area contributed by atoms with Gasteiger partial charge in [-0.1, -0.05) is 48.0 Å². The highest BCUT2D eigenvalue weighted by Gasteiger charge is 2.31. The van der Waals surface area contributed by atoms with E-state index in [0.717, 1.165) is 28.7 Å². The minimum absolute atomic E-state index is 0.0974. The van der Waals surface area contributed by atoms with E-state index in [1.165, 1.54) is 5.56 Å². The van der Waals surface area contributed by atoms with Gasteiger partial charge in [0, 0.05) is 18.7 Å². The number of benzene rings is 3. The summed E-state index contributed by atoms with van der Waals surface area (Å²) < 4.78 is 25.9. The molecule has 0 radical (unpaired) electrons. The average molecular weight is 504 g/mol. The van der Waals surface area contributed by atoms with E-state index in [0.29, 0.717) is 30.0 Å². The monoisotopic (exact) mass is 503 g/mol. The van der Waals surface area contributed by atoms with E-state index in [-0.39, 0.29) is 17.4 Å². The van der Waals surface area contributed by atoms with E-state index in [2.05, 4.69) is 16.7 Å². The van der Waals surface area contributed by atoms with E-state index in [1.54, 1.807) is 18.2 Å². The van der Waals surface area contributed by atoms with Crippen LogP contribution in [0.1, 0.15) is 38.2 Å². The first kappa shape index (κ1) is 24.1. The Kier molecular flexibility index (Phi) is 6.30. The molecule has 3 aromatic carbocycles. The predicted octanol–water partition coefficient (Wildman–Crippen LogP) is 3.85. The number of hydrogen-bond acceptors (Lipinski definition) is 5. The van der Waals surface area contributed by atoms with Gasteiger partial charge in [-0.2, -0.15) is 0 Å². The first-order valence-electron chi connectivity index (χ1n) is 12.0. The van der Waals surface area contributed by atoms with Crippen LogP contribution < -0.4 is 10.6 Å². The maximum absolute atomic E-state index is 13.2. The van der Waals surface area contributed by atoms with Crippen LogP contribution in [0.15, 0.2) is 60.7 Å². The molecular weight excluding hydrogens is 474 g/mol. The molecule has 186 valence electrons. The lowest BCUT2D eigenvalue weighted by Gasteiger charge is -2.30. The Morgan fingerprint density at radius 2 is 1.78 bits per heavy atom. The molecule has 0 aromatic heterocycles. The van der Waals surface area contributed by atoms with E-state index in [1.807, 2.05) is 55.1 Å². The van der Waals surface area contributed by atoms with Crippen LogP contribution in [0.5, 0.6) is 0 Å². The zero-order chi connectivity index (χ0) is 25.4. The van der Waals surface area contributed by atoms with Crippen LogP contribution in [0.25, 0.3) is 0 Å². The highest BCUT2D eigenvalue weighted by molar-refractivity contribution is 7.90. The summed E-state index contributed by atoms with van der Waals surface area (Å²) in [5, 5.41) is 5.85. The summed E-state index contributed by atoms with van der Waals surface area (Å²) in [6.07, 6.45) is 0.809. The first-order valence-corrected chi connectivity index (χ1v) is 13.8. The van der Waals surface area contributed by atoms with Crippen LogP contribution in [-0.4, -0.2) is 43.5 Å². The van der Waals surface area contributed by atoms with Crippen LogP contribution in [0.2, 0.25) is 0 Å². The summed E-state index contributed by atoms with van der Waals surface area (Å²) in [4.78, 5) is 27.8. The molecule has 2 aliphatic rings. The number of aryl methyl sites for hydroxylation is 2. The van der Waals surface area contributed by atoms with Gasteiger partial charge in [0.2, 0.25) is 5.91 Å². The minimum atomic E-state index is -3.55. The lowest BCUT2D eigenvalue weighted by Crippen LogP contribution is -2.44. The van der Waals surface area contributed by atoms with Gasteiger partial charge in [0.1, 0.15) is 6.04 Å². The summed E-state index contributed by atoms with van der Waals surface area (Å²) in [5.41, 5.74) is 6.62. The van der Waals surface area contributed by atoms with Crippen molar-refractivity contribution >= 4 is 33.0 Å².